The Balaban J connectivity index is 1.38. The summed E-state index contributed by atoms with van der Waals surface area (Å²) in [4.78, 5) is 34.0. The van der Waals surface area contributed by atoms with Crippen molar-refractivity contribution in [2.75, 3.05) is 0 Å². The van der Waals surface area contributed by atoms with E-state index >= 15 is 0 Å². The van der Waals surface area contributed by atoms with Crippen LogP contribution in [0.5, 0.6) is 0 Å². The van der Waals surface area contributed by atoms with Crippen molar-refractivity contribution < 1.29 is 0 Å². The molecule has 7 heteroatoms. The van der Waals surface area contributed by atoms with Crippen LogP contribution in [0.4, 0.5) is 0 Å². The third-order valence-electron chi connectivity index (χ3n) is 18.2. The highest BCUT2D eigenvalue weighted by atomic mass is 15.1. The van der Waals surface area contributed by atoms with Crippen LogP contribution in [-0.2, 0) is 48.7 Å². The molecule has 0 aliphatic rings. The number of rotatable bonds is 7. The van der Waals surface area contributed by atoms with Gasteiger partial charge in [0.1, 0.15) is 0 Å². The summed E-state index contributed by atoms with van der Waals surface area (Å²) in [5, 5.41) is 2.35. The molecule has 3 aromatic heterocycles. The molecule has 0 atom stereocenters. The lowest BCUT2D eigenvalue weighted by atomic mass is 9.79. The average Bonchev–Trinajstić information content (AvgIpc) is 1.66. The molecule has 0 fully saturated rings. The van der Waals surface area contributed by atoms with Crippen molar-refractivity contribution in [2.45, 2.75) is 236 Å². The standard InChI is InChI=1S/C84H103N7/c1-76(2,3)55-33-35-68-65(49-55)64-30-28-29-31-67(64)91(68)69-34-32-50(70-85-71(51-36-56(77(4,5)6)45-57(37-51)78(7,8)9)87-72(86-70)52-38-58(79(10,11)12)46-59(39-52)80(13,14)15)44-66(69)75-89-73(53-40-60(81(16,17)18)47-61(41-53)82(19,20)21)88-74(90-75)54-42-62(83(22,23)24)48-63(43-54)84(25,26)27/h28-49H,1-27H3. The summed E-state index contributed by atoms with van der Waals surface area (Å²) in [5.74, 6) is 3.54. The fourth-order valence-electron chi connectivity index (χ4n) is 11.8. The van der Waals surface area contributed by atoms with Gasteiger partial charge in [-0.05, 0) is 184 Å². The van der Waals surface area contributed by atoms with Gasteiger partial charge in [0.15, 0.2) is 34.9 Å². The molecule has 0 saturated carbocycles. The lowest BCUT2D eigenvalue weighted by Crippen LogP contribution is -2.17. The minimum Gasteiger partial charge on any atom is -0.309 e. The fraction of sp³-hybridized carbons (Fsp3) is 0.429. The molecule has 10 aromatic rings. The Labute approximate surface area is 546 Å². The molecule has 0 bridgehead atoms. The van der Waals surface area contributed by atoms with E-state index in [1.165, 1.54) is 60.8 Å². The maximum Gasteiger partial charge on any atom is 0.166 e. The van der Waals surface area contributed by atoms with E-state index in [1.54, 1.807) is 0 Å². The zero-order valence-electron chi connectivity index (χ0n) is 60.3. The summed E-state index contributed by atoms with van der Waals surface area (Å²) < 4.78 is 2.41. The van der Waals surface area contributed by atoms with Crippen molar-refractivity contribution >= 4 is 21.8 Å². The van der Waals surface area contributed by atoms with Crippen molar-refractivity contribution in [3.63, 3.8) is 0 Å². The highest BCUT2D eigenvalue weighted by molar-refractivity contribution is 6.10. The van der Waals surface area contributed by atoms with Crippen LogP contribution in [0.2, 0.25) is 0 Å². The molecule has 0 aliphatic carbocycles. The first kappa shape index (κ1) is 66.3. The molecule has 0 N–H and O–H groups in total. The number of para-hydroxylation sites is 1. The minimum atomic E-state index is -0.158. The average molecular weight is 1210 g/mol. The summed E-state index contributed by atoms with van der Waals surface area (Å²) >= 11 is 0. The largest absolute Gasteiger partial charge is 0.309 e. The van der Waals surface area contributed by atoms with Gasteiger partial charge in [-0.1, -0.05) is 235 Å². The van der Waals surface area contributed by atoms with Gasteiger partial charge in [-0.3, -0.25) is 0 Å². The van der Waals surface area contributed by atoms with Gasteiger partial charge in [0.05, 0.1) is 16.7 Å². The van der Waals surface area contributed by atoms with Crippen LogP contribution in [0.1, 0.15) is 237 Å². The third-order valence-corrected chi connectivity index (χ3v) is 18.2. The van der Waals surface area contributed by atoms with Crippen LogP contribution in [0, 0.1) is 0 Å². The predicted molar refractivity (Wildman–Crippen MR) is 388 cm³/mol. The van der Waals surface area contributed by atoms with E-state index in [4.69, 9.17) is 29.9 Å². The molecule has 7 aromatic carbocycles. The molecular weight excluding hydrogens is 1110 g/mol. The molecule has 0 amide bonds. The zero-order chi connectivity index (χ0) is 66.9. The smallest absolute Gasteiger partial charge is 0.166 e. The molecule has 0 radical (unpaired) electrons. The SMILES string of the molecule is CC(C)(C)c1cc(-c2nc(-c3cc(C(C)(C)C)cc(C(C)(C)C)c3)nc(-c3ccc(-n4c5ccccc5c5cc(C(C)(C)C)ccc54)c(-c4nc(-c5cc(C(C)(C)C)cc(C(C)(C)C)c5)nc(-c5cc(C(C)(C)C)cc(C(C)(C)C)c5)n4)c3)n2)cc(C(C)(C)C)c1. The van der Waals surface area contributed by atoms with Crippen molar-refractivity contribution in [1.29, 1.82) is 0 Å². The van der Waals surface area contributed by atoms with Gasteiger partial charge in [-0.25, -0.2) is 29.9 Å². The van der Waals surface area contributed by atoms with E-state index in [2.05, 4.69) is 325 Å². The minimum absolute atomic E-state index is 0.0663. The lowest BCUT2D eigenvalue weighted by Gasteiger charge is -2.26. The Kier molecular flexibility index (Phi) is 16.5. The third kappa shape index (κ3) is 13.9. The van der Waals surface area contributed by atoms with Crippen molar-refractivity contribution in [2.24, 2.45) is 0 Å². The second kappa shape index (κ2) is 22.6. The van der Waals surface area contributed by atoms with Crippen LogP contribution in [0.3, 0.4) is 0 Å². The van der Waals surface area contributed by atoms with Crippen LogP contribution < -0.4 is 0 Å². The molecular formula is C84H103N7. The van der Waals surface area contributed by atoms with Gasteiger partial charge in [0.25, 0.3) is 0 Å². The Hall–Kier alpha value is -7.64. The van der Waals surface area contributed by atoms with Gasteiger partial charge in [0.2, 0.25) is 0 Å². The van der Waals surface area contributed by atoms with Crippen molar-refractivity contribution in [3.8, 4) is 74.0 Å². The first-order valence-corrected chi connectivity index (χ1v) is 33.1. The van der Waals surface area contributed by atoms with Gasteiger partial charge >= 0.3 is 0 Å². The molecule has 91 heavy (non-hydrogen) atoms. The predicted octanol–water partition coefficient (Wildman–Crippen LogP) is 22.8. The van der Waals surface area contributed by atoms with Crippen molar-refractivity contribution in [1.82, 2.24) is 34.5 Å². The number of hydrogen-bond donors (Lipinski definition) is 0. The number of nitrogens with zero attached hydrogens (tertiary/aromatic N) is 7. The summed E-state index contributed by atoms with van der Waals surface area (Å²) in [6, 6.07) is 50.3. The monoisotopic (exact) mass is 1210 g/mol. The van der Waals surface area contributed by atoms with Gasteiger partial charge in [-0.15, -0.1) is 0 Å². The molecule has 0 saturated heterocycles. The Morgan fingerprint density at radius 1 is 0.220 bits per heavy atom. The number of fused-ring (bicyclic) bond motifs is 3. The van der Waals surface area contributed by atoms with Crippen LogP contribution in [-0.4, -0.2) is 34.5 Å². The lowest BCUT2D eigenvalue weighted by molar-refractivity contribution is 0.568. The summed E-state index contributed by atoms with van der Waals surface area (Å²) in [5.41, 5.74) is 18.3. The van der Waals surface area contributed by atoms with E-state index < -0.39 is 0 Å². The summed E-state index contributed by atoms with van der Waals surface area (Å²) in [6.07, 6.45) is 0. The highest BCUT2D eigenvalue weighted by Crippen LogP contribution is 2.44. The second-order valence-corrected chi connectivity index (χ2v) is 35.4. The maximum atomic E-state index is 5.77. The Bertz CT molecular complexity index is 4130. The molecule has 0 spiro atoms. The van der Waals surface area contributed by atoms with E-state index in [9.17, 15) is 0 Å². The number of aromatic nitrogens is 7. The van der Waals surface area contributed by atoms with E-state index in [0.717, 1.165) is 50.1 Å². The zero-order valence-corrected chi connectivity index (χ0v) is 60.3. The topological polar surface area (TPSA) is 82.3 Å². The molecule has 0 unspecified atom stereocenters. The van der Waals surface area contributed by atoms with Crippen LogP contribution in [0.25, 0.3) is 95.8 Å². The highest BCUT2D eigenvalue weighted by Gasteiger charge is 2.30. The maximum absolute atomic E-state index is 5.77. The molecule has 10 rings (SSSR count). The van der Waals surface area contributed by atoms with E-state index in [0.29, 0.717) is 34.9 Å². The van der Waals surface area contributed by atoms with Gasteiger partial charge < -0.3 is 4.57 Å². The van der Waals surface area contributed by atoms with Gasteiger partial charge in [-0.2, -0.15) is 0 Å². The first-order chi connectivity index (χ1) is 41.7. The number of benzene rings is 7. The Morgan fingerprint density at radius 2 is 0.495 bits per heavy atom. The second-order valence-electron chi connectivity index (χ2n) is 35.4. The molecule has 7 nitrogen and oxygen atoms in total. The normalized spacial score (nSPS) is 13.4. The first-order valence-electron chi connectivity index (χ1n) is 33.1. The molecule has 3 heterocycles. The van der Waals surface area contributed by atoms with Crippen molar-refractivity contribution in [3.05, 3.63) is 184 Å². The Morgan fingerprint density at radius 3 is 0.802 bits per heavy atom. The fourth-order valence-corrected chi connectivity index (χ4v) is 11.8. The summed E-state index contributed by atoms with van der Waals surface area (Å²) in [6.45, 7) is 61.7. The van der Waals surface area contributed by atoms with E-state index in [1.807, 2.05) is 0 Å². The summed E-state index contributed by atoms with van der Waals surface area (Å²) in [7, 11) is 0. The van der Waals surface area contributed by atoms with E-state index in [-0.39, 0.29) is 48.7 Å². The quantitative estimate of drug-likeness (QED) is 0.158. The molecule has 0 aliphatic heterocycles. The van der Waals surface area contributed by atoms with Crippen LogP contribution >= 0.6 is 0 Å². The molecule has 474 valence electrons. The number of hydrogen-bond acceptors (Lipinski definition) is 6. The van der Waals surface area contributed by atoms with Gasteiger partial charge in [0, 0.05) is 44.2 Å². The van der Waals surface area contributed by atoms with Crippen LogP contribution in [0.15, 0.2) is 133 Å².